The number of hydrogen-bond acceptors (Lipinski definition) is 3. The quantitative estimate of drug-likeness (QED) is 0.932. The Bertz CT molecular complexity index is 465. The number of carbonyl (C=O) groups excluding carboxylic acids is 1. The largest absolute Gasteiger partial charge is 0.356 e. The van der Waals surface area contributed by atoms with Crippen LogP contribution in [0.3, 0.4) is 0 Å². The van der Waals surface area contributed by atoms with E-state index in [1.165, 1.54) is 6.42 Å². The zero-order valence-electron chi connectivity index (χ0n) is 11.5. The van der Waals surface area contributed by atoms with Crippen LogP contribution in [-0.2, 0) is 4.79 Å². The van der Waals surface area contributed by atoms with Gasteiger partial charge in [-0.1, -0.05) is 18.0 Å². The number of carbonyl (C=O) groups is 1. The van der Waals surface area contributed by atoms with Gasteiger partial charge in [0.15, 0.2) is 0 Å². The van der Waals surface area contributed by atoms with Crippen LogP contribution < -0.4 is 10.2 Å². The molecule has 0 unspecified atom stereocenters. The lowest BCUT2D eigenvalue weighted by Gasteiger charge is -2.34. The summed E-state index contributed by atoms with van der Waals surface area (Å²) >= 11 is 5.85. The Labute approximate surface area is 124 Å². The Morgan fingerprint density at radius 2 is 2.00 bits per heavy atom. The molecule has 2 heterocycles. The third-order valence-electron chi connectivity index (χ3n) is 4.35. The van der Waals surface area contributed by atoms with Gasteiger partial charge in [0.2, 0.25) is 5.91 Å². The highest BCUT2D eigenvalue weighted by molar-refractivity contribution is 6.30. The van der Waals surface area contributed by atoms with Crippen molar-refractivity contribution in [2.24, 2.45) is 5.92 Å². The van der Waals surface area contributed by atoms with Gasteiger partial charge in [-0.2, -0.15) is 0 Å². The number of amides is 1. The van der Waals surface area contributed by atoms with Crippen LogP contribution in [-0.4, -0.2) is 30.0 Å². The van der Waals surface area contributed by atoms with Crippen molar-refractivity contribution in [1.29, 1.82) is 0 Å². The Balaban J connectivity index is 1.49. The molecule has 4 nitrogen and oxygen atoms in total. The van der Waals surface area contributed by atoms with Gasteiger partial charge in [-0.25, -0.2) is 4.98 Å². The molecular formula is C15H20ClN3O. The lowest BCUT2D eigenvalue weighted by Crippen LogP contribution is -2.47. The molecule has 0 bridgehead atoms. The number of halogens is 1. The molecule has 1 aliphatic carbocycles. The fraction of sp³-hybridized carbons (Fsp3) is 0.600. The van der Waals surface area contributed by atoms with Crippen molar-refractivity contribution in [2.45, 2.75) is 38.1 Å². The monoisotopic (exact) mass is 293 g/mol. The van der Waals surface area contributed by atoms with Crippen LogP contribution in [0.1, 0.15) is 32.1 Å². The number of pyridine rings is 1. The fourth-order valence-electron chi connectivity index (χ4n) is 2.80. The molecule has 1 aromatic heterocycles. The summed E-state index contributed by atoms with van der Waals surface area (Å²) in [5, 5.41) is 3.86. The van der Waals surface area contributed by atoms with E-state index < -0.39 is 0 Å². The van der Waals surface area contributed by atoms with Gasteiger partial charge in [0.1, 0.15) is 5.82 Å². The maximum absolute atomic E-state index is 11.9. The highest BCUT2D eigenvalue weighted by Gasteiger charge is 2.28. The normalized spacial score (nSPS) is 20.6. The van der Waals surface area contributed by atoms with Gasteiger partial charge in [0.25, 0.3) is 0 Å². The van der Waals surface area contributed by atoms with Crippen molar-refractivity contribution >= 4 is 23.3 Å². The fourth-order valence-corrected chi connectivity index (χ4v) is 2.91. The lowest BCUT2D eigenvalue weighted by molar-refractivity contribution is -0.128. The SMILES string of the molecule is O=C(NC1CCN(c2ccc(Cl)cn2)CC1)C1CCC1. The smallest absolute Gasteiger partial charge is 0.223 e. The summed E-state index contributed by atoms with van der Waals surface area (Å²) in [6, 6.07) is 4.15. The van der Waals surface area contributed by atoms with E-state index in [0.29, 0.717) is 11.1 Å². The summed E-state index contributed by atoms with van der Waals surface area (Å²) in [4.78, 5) is 18.5. The summed E-state index contributed by atoms with van der Waals surface area (Å²) in [6.07, 6.45) is 7.00. The third kappa shape index (κ3) is 3.06. The maximum atomic E-state index is 11.9. The molecule has 0 spiro atoms. The van der Waals surface area contributed by atoms with Crippen LogP contribution in [0.2, 0.25) is 5.02 Å². The Morgan fingerprint density at radius 1 is 1.25 bits per heavy atom. The van der Waals surface area contributed by atoms with Crippen molar-refractivity contribution in [2.75, 3.05) is 18.0 Å². The van der Waals surface area contributed by atoms with Crippen LogP contribution in [0.25, 0.3) is 0 Å². The van der Waals surface area contributed by atoms with Gasteiger partial charge >= 0.3 is 0 Å². The second-order valence-corrected chi connectivity index (χ2v) is 6.17. The van der Waals surface area contributed by atoms with Crippen LogP contribution in [0, 0.1) is 5.92 Å². The van der Waals surface area contributed by atoms with Gasteiger partial charge in [-0.3, -0.25) is 4.79 Å². The third-order valence-corrected chi connectivity index (χ3v) is 4.58. The van der Waals surface area contributed by atoms with E-state index in [2.05, 4.69) is 15.2 Å². The summed E-state index contributed by atoms with van der Waals surface area (Å²) in [5.41, 5.74) is 0. The number of hydrogen-bond donors (Lipinski definition) is 1. The lowest BCUT2D eigenvalue weighted by atomic mass is 9.84. The number of aromatic nitrogens is 1. The van der Waals surface area contributed by atoms with E-state index in [0.717, 1.165) is 44.6 Å². The highest BCUT2D eigenvalue weighted by atomic mass is 35.5. The first-order valence-corrected chi connectivity index (χ1v) is 7.77. The van der Waals surface area contributed by atoms with Gasteiger partial charge in [0.05, 0.1) is 5.02 Å². The Morgan fingerprint density at radius 3 is 2.55 bits per heavy atom. The molecule has 5 heteroatoms. The van der Waals surface area contributed by atoms with Gasteiger partial charge in [-0.05, 0) is 37.8 Å². The minimum atomic E-state index is 0.263. The number of nitrogens with one attached hydrogen (secondary N) is 1. The topological polar surface area (TPSA) is 45.2 Å². The van der Waals surface area contributed by atoms with E-state index in [4.69, 9.17) is 11.6 Å². The van der Waals surface area contributed by atoms with Crippen LogP contribution in [0.15, 0.2) is 18.3 Å². The minimum Gasteiger partial charge on any atom is -0.356 e. The molecular weight excluding hydrogens is 274 g/mol. The number of piperidine rings is 1. The number of anilines is 1. The molecule has 1 aromatic rings. The van der Waals surface area contributed by atoms with Crippen LogP contribution in [0.4, 0.5) is 5.82 Å². The molecule has 20 heavy (non-hydrogen) atoms. The van der Waals surface area contributed by atoms with Crippen molar-refractivity contribution < 1.29 is 4.79 Å². The van der Waals surface area contributed by atoms with E-state index in [1.54, 1.807) is 6.20 Å². The van der Waals surface area contributed by atoms with E-state index >= 15 is 0 Å². The van der Waals surface area contributed by atoms with Gasteiger partial charge < -0.3 is 10.2 Å². The predicted octanol–water partition coefficient (Wildman–Crippen LogP) is 2.62. The first-order chi connectivity index (χ1) is 9.72. The molecule has 0 aromatic carbocycles. The van der Waals surface area contributed by atoms with Gasteiger partial charge in [0, 0.05) is 31.2 Å². The molecule has 1 saturated heterocycles. The first-order valence-electron chi connectivity index (χ1n) is 7.39. The van der Waals surface area contributed by atoms with Crippen molar-refractivity contribution in [3.63, 3.8) is 0 Å². The van der Waals surface area contributed by atoms with E-state index in [-0.39, 0.29) is 11.8 Å². The molecule has 0 radical (unpaired) electrons. The predicted molar refractivity (Wildman–Crippen MR) is 80.0 cm³/mol. The number of nitrogens with zero attached hydrogens (tertiary/aromatic N) is 2. The average molecular weight is 294 g/mol. The molecule has 108 valence electrons. The van der Waals surface area contributed by atoms with Gasteiger partial charge in [-0.15, -0.1) is 0 Å². The molecule has 2 aliphatic rings. The summed E-state index contributed by atoms with van der Waals surface area (Å²) in [5.74, 6) is 1.52. The Kier molecular flexibility index (Phi) is 4.10. The molecule has 2 fully saturated rings. The van der Waals surface area contributed by atoms with Crippen molar-refractivity contribution in [1.82, 2.24) is 10.3 Å². The zero-order chi connectivity index (χ0) is 13.9. The van der Waals surface area contributed by atoms with E-state index in [1.807, 2.05) is 12.1 Å². The molecule has 1 saturated carbocycles. The summed E-state index contributed by atoms with van der Waals surface area (Å²) in [6.45, 7) is 1.87. The second kappa shape index (κ2) is 6.00. The van der Waals surface area contributed by atoms with Crippen molar-refractivity contribution in [3.8, 4) is 0 Å². The maximum Gasteiger partial charge on any atom is 0.223 e. The molecule has 3 rings (SSSR count). The van der Waals surface area contributed by atoms with E-state index in [9.17, 15) is 4.79 Å². The molecule has 1 N–H and O–H groups in total. The van der Waals surface area contributed by atoms with Crippen molar-refractivity contribution in [3.05, 3.63) is 23.4 Å². The standard InChI is InChI=1S/C15H20ClN3O/c16-12-4-5-14(17-10-12)19-8-6-13(7-9-19)18-15(20)11-2-1-3-11/h4-5,10-11,13H,1-3,6-9H2,(H,18,20). The molecule has 1 aliphatic heterocycles. The molecule has 1 amide bonds. The average Bonchev–Trinajstić information content (AvgIpc) is 2.38. The molecule has 0 atom stereocenters. The summed E-state index contributed by atoms with van der Waals surface area (Å²) in [7, 11) is 0. The van der Waals surface area contributed by atoms with Crippen LogP contribution >= 0.6 is 11.6 Å². The zero-order valence-corrected chi connectivity index (χ0v) is 12.3. The highest BCUT2D eigenvalue weighted by Crippen LogP contribution is 2.27. The summed E-state index contributed by atoms with van der Waals surface area (Å²) < 4.78 is 0. The minimum absolute atomic E-state index is 0.263. The Hall–Kier alpha value is -1.29. The van der Waals surface area contributed by atoms with Crippen LogP contribution in [0.5, 0.6) is 0 Å². The second-order valence-electron chi connectivity index (χ2n) is 5.73. The number of rotatable bonds is 3. The first kappa shape index (κ1) is 13.7.